The van der Waals surface area contributed by atoms with E-state index in [0.717, 1.165) is 32.5 Å². The summed E-state index contributed by atoms with van der Waals surface area (Å²) in [5.74, 6) is -1.87. The lowest BCUT2D eigenvalue weighted by Crippen LogP contribution is -2.38. The second kappa shape index (κ2) is 18.5. The van der Waals surface area contributed by atoms with Crippen LogP contribution in [0.3, 0.4) is 0 Å². The summed E-state index contributed by atoms with van der Waals surface area (Å²) >= 11 is 0. The lowest BCUT2D eigenvalue weighted by Gasteiger charge is -2.29. The summed E-state index contributed by atoms with van der Waals surface area (Å²) in [6, 6.07) is 0. The molecule has 0 aromatic heterocycles. The van der Waals surface area contributed by atoms with E-state index in [-0.39, 0.29) is 40.9 Å². The minimum Gasteiger partial charge on any atom is -0.417 e. The van der Waals surface area contributed by atoms with Crippen molar-refractivity contribution in [2.45, 2.75) is 77.8 Å². The monoisotopic (exact) mass is 642 g/mol. The topological polar surface area (TPSA) is 182 Å². The van der Waals surface area contributed by atoms with Crippen molar-refractivity contribution >= 4 is 17.5 Å². The number of ketones is 2. The summed E-state index contributed by atoms with van der Waals surface area (Å²) in [5, 5.41) is 26.5. The van der Waals surface area contributed by atoms with Crippen LogP contribution in [-0.4, -0.2) is 97.8 Å². The predicted molar refractivity (Wildman–Crippen MR) is 173 cm³/mol. The van der Waals surface area contributed by atoms with E-state index < -0.39 is 36.1 Å². The van der Waals surface area contributed by atoms with Crippen LogP contribution in [0.15, 0.2) is 58.5 Å². The first-order chi connectivity index (χ1) is 21.5. The molecule has 0 aromatic carbocycles. The van der Waals surface area contributed by atoms with E-state index in [0.29, 0.717) is 29.7 Å². The van der Waals surface area contributed by atoms with Crippen molar-refractivity contribution < 1.29 is 39.2 Å². The van der Waals surface area contributed by atoms with Gasteiger partial charge in [-0.3, -0.25) is 14.4 Å². The molecule has 0 aromatic rings. The number of Topliss-reactive ketones (excluding diaryl/α,β-unsaturated/α-hetero) is 1. The summed E-state index contributed by atoms with van der Waals surface area (Å²) in [6.45, 7) is 10.5. The highest BCUT2D eigenvalue weighted by Gasteiger charge is 2.33. The zero-order valence-electron chi connectivity index (χ0n) is 27.8. The number of nitrogens with one attached hydrogen (secondary N) is 2. The number of hydrogen-bond acceptors (Lipinski definition) is 10. The van der Waals surface area contributed by atoms with Gasteiger partial charge in [0.05, 0.1) is 23.6 Å². The van der Waals surface area contributed by atoms with Crippen molar-refractivity contribution in [2.75, 3.05) is 40.4 Å². The number of carbonyl (C=O) groups is 3. The second-order valence-corrected chi connectivity index (χ2v) is 12.2. The molecule has 2 heterocycles. The molecule has 1 aliphatic carbocycles. The molecule has 254 valence electrons. The van der Waals surface area contributed by atoms with Crippen LogP contribution in [-0.2, 0) is 28.6 Å². The molecule has 3 aliphatic rings. The number of likely N-dealkylation sites (tertiary alicyclic amines) is 1. The Morgan fingerprint density at radius 1 is 1.13 bits per heavy atom. The van der Waals surface area contributed by atoms with Gasteiger partial charge in [0.25, 0.3) is 12.2 Å². The molecular weight excluding hydrogens is 592 g/mol. The first-order valence-electron chi connectivity index (χ1n) is 15.6. The van der Waals surface area contributed by atoms with E-state index in [1.807, 2.05) is 19.9 Å². The summed E-state index contributed by atoms with van der Waals surface area (Å²) in [4.78, 5) is 42.6. The molecular formula is C34H50N4O8. The number of aliphatic hydroxyl groups is 1. The Kier molecular flexibility index (Phi) is 15.5. The fraction of sp³-hybridized carbons (Fsp3) is 0.588. The Labute approximate surface area is 272 Å². The lowest BCUT2D eigenvalue weighted by atomic mass is 9.85. The molecule has 1 unspecified atom stereocenters. The van der Waals surface area contributed by atoms with Gasteiger partial charge in [-0.2, -0.15) is 5.26 Å². The fourth-order valence-electron chi connectivity index (χ4n) is 6.06. The maximum absolute atomic E-state index is 13.8. The molecule has 2 bridgehead atoms. The zero-order chi connectivity index (χ0) is 33.1. The normalized spacial score (nSPS) is 31.8. The zero-order valence-corrected chi connectivity index (χ0v) is 27.8. The smallest absolute Gasteiger partial charge is 0.287 e. The van der Waals surface area contributed by atoms with Gasteiger partial charge in [0, 0.05) is 50.4 Å². The van der Waals surface area contributed by atoms with Crippen molar-refractivity contribution in [3.05, 3.63) is 58.5 Å². The average Bonchev–Trinajstić information content (AvgIpc) is 3.53. The van der Waals surface area contributed by atoms with E-state index in [4.69, 9.17) is 14.2 Å². The van der Waals surface area contributed by atoms with Gasteiger partial charge in [-0.15, -0.1) is 0 Å². The van der Waals surface area contributed by atoms with Gasteiger partial charge in [-0.25, -0.2) is 0 Å². The Balaban J connectivity index is 0.00000736. The third kappa shape index (κ3) is 10.2. The number of allylic oxidation sites excluding steroid dienone is 4. The van der Waals surface area contributed by atoms with Gasteiger partial charge in [-0.1, -0.05) is 38.2 Å². The van der Waals surface area contributed by atoms with Crippen LogP contribution in [0.2, 0.25) is 0 Å². The standard InChI is InChI=1S/C34H48N4O7.H2O/c1-21-16-25-30(36-12-15-38-13-7-8-14-38)27(39)19-26(32(25)41)37-34(42)22(2)10-9-11-28(43-5)33(45-20-35)24(4)18-23(3)31(40)29(17-21)44-6;/h9-11,18-19,21,23,28-29,31,33,36,40H,7-8,12-17H2,1-6H3,(H,37,42);1H2/b11-9-,22-10+,24-18+;/t21-,23-,28+,29-,31+,33?;/m1./s1. The Morgan fingerprint density at radius 3 is 2.46 bits per heavy atom. The first-order valence-corrected chi connectivity index (χ1v) is 15.6. The number of nitrogens with zero attached hydrogens (tertiary/aromatic N) is 2. The molecule has 0 spiro atoms. The molecule has 5 N–H and O–H groups in total. The number of aliphatic hydroxyl groups excluding tert-OH is 1. The molecule has 46 heavy (non-hydrogen) atoms. The summed E-state index contributed by atoms with van der Waals surface area (Å²) in [7, 11) is 3.01. The van der Waals surface area contributed by atoms with Crippen LogP contribution in [0.25, 0.3) is 0 Å². The minimum absolute atomic E-state index is 0. The van der Waals surface area contributed by atoms with Crippen LogP contribution < -0.4 is 10.6 Å². The van der Waals surface area contributed by atoms with E-state index >= 15 is 0 Å². The number of nitriles is 1. The minimum atomic E-state index is -0.912. The molecule has 12 heteroatoms. The van der Waals surface area contributed by atoms with Gasteiger partial charge in [0.15, 0.2) is 6.10 Å². The number of rotatable bonds is 7. The van der Waals surface area contributed by atoms with Crippen LogP contribution >= 0.6 is 0 Å². The maximum Gasteiger partial charge on any atom is 0.287 e. The largest absolute Gasteiger partial charge is 0.417 e. The highest BCUT2D eigenvalue weighted by Crippen LogP contribution is 2.29. The number of fused-ring (bicyclic) bond motifs is 2. The van der Waals surface area contributed by atoms with Gasteiger partial charge in [0.2, 0.25) is 11.6 Å². The second-order valence-electron chi connectivity index (χ2n) is 12.2. The highest BCUT2D eigenvalue weighted by atomic mass is 16.5. The molecule has 1 amide bonds. The molecule has 0 radical (unpaired) electrons. The number of ether oxygens (including phenoxy) is 3. The average molecular weight is 643 g/mol. The fourth-order valence-corrected chi connectivity index (χ4v) is 6.06. The lowest BCUT2D eigenvalue weighted by molar-refractivity contribution is -0.120. The molecule has 0 saturated carbocycles. The molecule has 1 saturated heterocycles. The van der Waals surface area contributed by atoms with Gasteiger partial charge in [0.1, 0.15) is 6.10 Å². The highest BCUT2D eigenvalue weighted by molar-refractivity contribution is 6.23. The van der Waals surface area contributed by atoms with E-state index in [2.05, 4.69) is 15.5 Å². The third-order valence-electron chi connectivity index (χ3n) is 8.66. The van der Waals surface area contributed by atoms with Crippen LogP contribution in [0.1, 0.15) is 53.4 Å². The maximum atomic E-state index is 13.8. The van der Waals surface area contributed by atoms with Gasteiger partial charge >= 0.3 is 0 Å². The number of hydrogen-bond donors (Lipinski definition) is 3. The first kappa shape index (κ1) is 38.6. The number of amides is 1. The van der Waals surface area contributed by atoms with Crippen LogP contribution in [0, 0.1) is 23.4 Å². The Morgan fingerprint density at radius 2 is 1.83 bits per heavy atom. The van der Waals surface area contributed by atoms with Crippen molar-refractivity contribution in [3.63, 3.8) is 0 Å². The van der Waals surface area contributed by atoms with Crippen molar-refractivity contribution in [2.24, 2.45) is 11.8 Å². The van der Waals surface area contributed by atoms with E-state index in [9.17, 15) is 24.8 Å². The molecule has 3 rings (SSSR count). The molecule has 6 atom stereocenters. The van der Waals surface area contributed by atoms with E-state index in [1.165, 1.54) is 20.3 Å². The van der Waals surface area contributed by atoms with Crippen molar-refractivity contribution in [1.82, 2.24) is 15.5 Å². The van der Waals surface area contributed by atoms with Crippen molar-refractivity contribution in [1.29, 1.82) is 5.26 Å². The SMILES string of the molecule is CO[C@H]1/C=C\C=C(/C)C(=O)NC2=CC(=O)C(NCCN3CCCC3)=C(C[C@@H](C)C[C@@H](OC)[C@@H](O)[C@H](C)/C=C(\C)C1OC#N)C2=O.O. The summed E-state index contributed by atoms with van der Waals surface area (Å²) in [6.07, 6.45) is 9.55. The molecule has 1 fully saturated rings. The Hall–Kier alpha value is -3.60. The van der Waals surface area contributed by atoms with Crippen molar-refractivity contribution in [3.8, 4) is 6.26 Å². The Bertz CT molecular complexity index is 1290. The molecule has 2 aliphatic heterocycles. The number of carbonyl (C=O) groups excluding carboxylic acids is 3. The molecule has 12 nitrogen and oxygen atoms in total. The van der Waals surface area contributed by atoms with Crippen LogP contribution in [0.4, 0.5) is 0 Å². The van der Waals surface area contributed by atoms with E-state index in [1.54, 1.807) is 38.3 Å². The number of methoxy groups -OCH3 is 2. The predicted octanol–water partition coefficient (Wildman–Crippen LogP) is 2.03. The summed E-state index contributed by atoms with van der Waals surface area (Å²) in [5.41, 5.74) is 1.44. The van der Waals surface area contributed by atoms with Crippen LogP contribution in [0.5, 0.6) is 0 Å². The van der Waals surface area contributed by atoms with Gasteiger partial charge in [-0.05, 0) is 64.1 Å². The third-order valence-corrected chi connectivity index (χ3v) is 8.66. The van der Waals surface area contributed by atoms with Gasteiger partial charge < -0.3 is 40.3 Å². The quantitative estimate of drug-likeness (QED) is 0.211. The summed E-state index contributed by atoms with van der Waals surface area (Å²) < 4.78 is 16.7.